The highest BCUT2D eigenvalue weighted by Gasteiger charge is 2.35. The number of rotatable bonds is 9. The first kappa shape index (κ1) is 24.8. The maximum absolute atomic E-state index is 12.6. The molecule has 3 aromatic rings. The molecule has 1 unspecified atom stereocenters. The van der Waals surface area contributed by atoms with Gasteiger partial charge in [-0.3, -0.25) is 14.4 Å². The predicted molar refractivity (Wildman–Crippen MR) is 137 cm³/mol. The molecule has 1 aliphatic heterocycles. The number of benzene rings is 3. The summed E-state index contributed by atoms with van der Waals surface area (Å²) in [6, 6.07) is 21.9. The van der Waals surface area contributed by atoms with Crippen LogP contribution in [0.15, 0.2) is 72.8 Å². The standard InChI is InChI=1S/C28H29N3O5/c1-19-4-3-5-22(14-19)30-26(32)18-36-25-12-8-23(9-13-25)31-17-21(15-27(31)33)28(34)29-16-20-6-10-24(35-2)11-7-20/h3-14,21H,15-18H2,1-2H3,(H,29,34)(H,30,32). The zero-order valence-corrected chi connectivity index (χ0v) is 20.3. The number of hydrogen-bond donors (Lipinski definition) is 2. The van der Waals surface area contributed by atoms with Crippen molar-refractivity contribution in [3.8, 4) is 11.5 Å². The van der Waals surface area contributed by atoms with Crippen LogP contribution in [0.4, 0.5) is 11.4 Å². The summed E-state index contributed by atoms with van der Waals surface area (Å²) in [7, 11) is 1.60. The lowest BCUT2D eigenvalue weighted by Gasteiger charge is -2.17. The van der Waals surface area contributed by atoms with Gasteiger partial charge in [0, 0.05) is 30.9 Å². The third-order valence-corrected chi connectivity index (χ3v) is 5.94. The van der Waals surface area contributed by atoms with Crippen molar-refractivity contribution in [3.05, 3.63) is 83.9 Å². The van der Waals surface area contributed by atoms with Crippen LogP contribution >= 0.6 is 0 Å². The second kappa shape index (κ2) is 11.4. The van der Waals surface area contributed by atoms with Crippen LogP contribution in [-0.4, -0.2) is 38.0 Å². The highest BCUT2D eigenvalue weighted by atomic mass is 16.5. The first-order chi connectivity index (χ1) is 17.4. The molecule has 0 saturated carbocycles. The maximum atomic E-state index is 12.6. The molecule has 186 valence electrons. The molecule has 2 N–H and O–H groups in total. The van der Waals surface area contributed by atoms with E-state index in [0.29, 0.717) is 30.2 Å². The molecule has 1 fully saturated rings. The summed E-state index contributed by atoms with van der Waals surface area (Å²) in [4.78, 5) is 39.0. The number of aryl methyl sites for hydroxylation is 1. The Kier molecular flexibility index (Phi) is 7.85. The van der Waals surface area contributed by atoms with Crippen molar-refractivity contribution in [3.63, 3.8) is 0 Å². The van der Waals surface area contributed by atoms with Crippen LogP contribution in [0.2, 0.25) is 0 Å². The smallest absolute Gasteiger partial charge is 0.262 e. The fraction of sp³-hybridized carbons (Fsp3) is 0.250. The molecule has 0 aliphatic carbocycles. The zero-order chi connectivity index (χ0) is 25.5. The Balaban J connectivity index is 1.26. The SMILES string of the molecule is COc1ccc(CNC(=O)C2CC(=O)N(c3ccc(OCC(=O)Nc4cccc(C)c4)cc3)C2)cc1. The summed E-state index contributed by atoms with van der Waals surface area (Å²) in [5.41, 5.74) is 3.40. The van der Waals surface area contributed by atoms with Gasteiger partial charge < -0.3 is 25.0 Å². The summed E-state index contributed by atoms with van der Waals surface area (Å²) in [6.07, 6.45) is 0.159. The molecule has 1 saturated heterocycles. The van der Waals surface area contributed by atoms with E-state index in [0.717, 1.165) is 16.9 Å². The minimum Gasteiger partial charge on any atom is -0.497 e. The van der Waals surface area contributed by atoms with Gasteiger partial charge in [0.1, 0.15) is 11.5 Å². The number of methoxy groups -OCH3 is 1. The molecule has 1 heterocycles. The average molecular weight is 488 g/mol. The summed E-state index contributed by atoms with van der Waals surface area (Å²) < 4.78 is 10.7. The van der Waals surface area contributed by atoms with Crippen molar-refractivity contribution < 1.29 is 23.9 Å². The van der Waals surface area contributed by atoms with Gasteiger partial charge in [0.2, 0.25) is 11.8 Å². The van der Waals surface area contributed by atoms with E-state index in [4.69, 9.17) is 9.47 Å². The van der Waals surface area contributed by atoms with Crippen LogP contribution in [0.25, 0.3) is 0 Å². The number of anilines is 2. The molecule has 3 aromatic carbocycles. The molecule has 4 rings (SSSR count). The van der Waals surface area contributed by atoms with E-state index in [-0.39, 0.29) is 30.7 Å². The molecular formula is C28H29N3O5. The van der Waals surface area contributed by atoms with Gasteiger partial charge in [-0.25, -0.2) is 0 Å². The highest BCUT2D eigenvalue weighted by molar-refractivity contribution is 6.00. The summed E-state index contributed by atoms with van der Waals surface area (Å²) in [6.45, 7) is 2.52. The summed E-state index contributed by atoms with van der Waals surface area (Å²) in [5.74, 6) is 0.328. The van der Waals surface area contributed by atoms with E-state index in [2.05, 4.69) is 10.6 Å². The topological polar surface area (TPSA) is 97.0 Å². The van der Waals surface area contributed by atoms with Crippen molar-refractivity contribution in [1.82, 2.24) is 5.32 Å². The Morgan fingerprint density at radius 1 is 1.00 bits per heavy atom. The van der Waals surface area contributed by atoms with Crippen LogP contribution in [0.3, 0.4) is 0 Å². The first-order valence-electron chi connectivity index (χ1n) is 11.7. The number of carbonyl (C=O) groups excluding carboxylic acids is 3. The number of ether oxygens (including phenoxy) is 2. The van der Waals surface area contributed by atoms with Crippen LogP contribution < -0.4 is 25.0 Å². The average Bonchev–Trinajstić information content (AvgIpc) is 3.28. The number of hydrogen-bond acceptors (Lipinski definition) is 5. The van der Waals surface area contributed by atoms with Crippen molar-refractivity contribution in [1.29, 1.82) is 0 Å². The largest absolute Gasteiger partial charge is 0.497 e. The molecule has 0 bridgehead atoms. The molecule has 0 radical (unpaired) electrons. The second-order valence-electron chi connectivity index (χ2n) is 8.67. The van der Waals surface area contributed by atoms with E-state index < -0.39 is 5.92 Å². The van der Waals surface area contributed by atoms with E-state index in [1.807, 2.05) is 55.5 Å². The number of nitrogens with one attached hydrogen (secondary N) is 2. The van der Waals surface area contributed by atoms with Gasteiger partial charge >= 0.3 is 0 Å². The van der Waals surface area contributed by atoms with Gasteiger partial charge in [-0.2, -0.15) is 0 Å². The molecule has 3 amide bonds. The summed E-state index contributed by atoms with van der Waals surface area (Å²) in [5, 5.41) is 5.71. The fourth-order valence-electron chi connectivity index (χ4n) is 4.00. The lowest BCUT2D eigenvalue weighted by atomic mass is 10.1. The van der Waals surface area contributed by atoms with E-state index in [1.54, 1.807) is 36.3 Å². The lowest BCUT2D eigenvalue weighted by molar-refractivity contribution is -0.126. The molecular weight excluding hydrogens is 458 g/mol. The van der Waals surface area contributed by atoms with Gasteiger partial charge in [-0.05, 0) is 66.6 Å². The van der Waals surface area contributed by atoms with E-state index >= 15 is 0 Å². The number of carbonyl (C=O) groups is 3. The molecule has 1 aliphatic rings. The van der Waals surface area contributed by atoms with Crippen molar-refractivity contribution in [2.24, 2.45) is 5.92 Å². The van der Waals surface area contributed by atoms with Gasteiger partial charge in [0.15, 0.2) is 6.61 Å². The Labute approximate surface area is 210 Å². The van der Waals surface area contributed by atoms with E-state index in [1.165, 1.54) is 0 Å². The Morgan fingerprint density at radius 3 is 2.42 bits per heavy atom. The molecule has 8 nitrogen and oxygen atoms in total. The van der Waals surface area contributed by atoms with Gasteiger partial charge in [-0.1, -0.05) is 24.3 Å². The third-order valence-electron chi connectivity index (χ3n) is 5.94. The van der Waals surface area contributed by atoms with Crippen molar-refractivity contribution >= 4 is 29.1 Å². The molecule has 0 aromatic heterocycles. The van der Waals surface area contributed by atoms with E-state index in [9.17, 15) is 14.4 Å². The first-order valence-corrected chi connectivity index (χ1v) is 11.7. The Hall–Kier alpha value is -4.33. The quantitative estimate of drug-likeness (QED) is 0.480. The van der Waals surface area contributed by atoms with Crippen LogP contribution in [0.1, 0.15) is 17.5 Å². The lowest BCUT2D eigenvalue weighted by Crippen LogP contribution is -2.32. The molecule has 1 atom stereocenters. The second-order valence-corrected chi connectivity index (χ2v) is 8.67. The maximum Gasteiger partial charge on any atom is 0.262 e. The minimum absolute atomic E-state index is 0.106. The van der Waals surface area contributed by atoms with Crippen LogP contribution in [-0.2, 0) is 20.9 Å². The van der Waals surface area contributed by atoms with Crippen LogP contribution in [0, 0.1) is 12.8 Å². The number of nitrogens with zero attached hydrogens (tertiary/aromatic N) is 1. The number of amides is 3. The van der Waals surface area contributed by atoms with Crippen molar-refractivity contribution in [2.45, 2.75) is 19.9 Å². The highest BCUT2D eigenvalue weighted by Crippen LogP contribution is 2.27. The van der Waals surface area contributed by atoms with Gasteiger partial charge in [0.05, 0.1) is 13.0 Å². The minimum atomic E-state index is -0.419. The van der Waals surface area contributed by atoms with Gasteiger partial charge in [-0.15, -0.1) is 0 Å². The Morgan fingerprint density at radius 2 is 1.72 bits per heavy atom. The predicted octanol–water partition coefficient (Wildman–Crippen LogP) is 3.69. The Bertz CT molecular complexity index is 1220. The molecule has 0 spiro atoms. The fourth-order valence-corrected chi connectivity index (χ4v) is 4.00. The zero-order valence-electron chi connectivity index (χ0n) is 20.3. The monoisotopic (exact) mass is 487 g/mol. The van der Waals surface area contributed by atoms with Crippen LogP contribution in [0.5, 0.6) is 11.5 Å². The summed E-state index contributed by atoms with van der Waals surface area (Å²) >= 11 is 0. The normalized spacial score (nSPS) is 14.9. The molecule has 36 heavy (non-hydrogen) atoms. The van der Waals surface area contributed by atoms with Crippen molar-refractivity contribution in [2.75, 3.05) is 30.5 Å². The van der Waals surface area contributed by atoms with Gasteiger partial charge in [0.25, 0.3) is 5.91 Å². The molecule has 8 heteroatoms. The third kappa shape index (κ3) is 6.41.